The monoisotopic (exact) mass is 336 g/mol. The summed E-state index contributed by atoms with van der Waals surface area (Å²) in [4.78, 5) is 11.7. The van der Waals surface area contributed by atoms with E-state index in [9.17, 15) is 4.79 Å². The quantitative estimate of drug-likeness (QED) is 0.452. The van der Waals surface area contributed by atoms with Gasteiger partial charge in [0.1, 0.15) is 0 Å². The van der Waals surface area contributed by atoms with E-state index in [4.69, 9.17) is 12.2 Å². The van der Waals surface area contributed by atoms with Crippen molar-refractivity contribution in [1.82, 2.24) is 0 Å². The summed E-state index contributed by atoms with van der Waals surface area (Å²) in [6, 6.07) is 22.2. The highest BCUT2D eigenvalue weighted by Gasteiger charge is 2.10. The summed E-state index contributed by atoms with van der Waals surface area (Å²) in [5, 5.41) is 2.37. The largest absolute Gasteiger partial charge is 0.295 e. The van der Waals surface area contributed by atoms with Crippen molar-refractivity contribution in [3.05, 3.63) is 83.4 Å². The van der Waals surface area contributed by atoms with Crippen LogP contribution in [0.2, 0.25) is 0 Å². The second-order valence-corrected chi connectivity index (χ2v) is 6.97. The zero-order valence-corrected chi connectivity index (χ0v) is 14.4. The van der Waals surface area contributed by atoms with Gasteiger partial charge in [0.2, 0.25) is 0 Å². The molecule has 0 amide bonds. The molecule has 3 heteroatoms. The van der Waals surface area contributed by atoms with E-state index in [0.717, 1.165) is 20.9 Å². The van der Waals surface area contributed by atoms with E-state index in [-0.39, 0.29) is 5.78 Å². The van der Waals surface area contributed by atoms with Crippen LogP contribution in [-0.2, 0) is 5.75 Å². The first-order valence-corrected chi connectivity index (χ1v) is 8.80. The van der Waals surface area contributed by atoms with E-state index in [1.165, 1.54) is 10.8 Å². The molecular formula is C20H16OS2. The van der Waals surface area contributed by atoms with Gasteiger partial charge in [0.25, 0.3) is 0 Å². The summed E-state index contributed by atoms with van der Waals surface area (Å²) >= 11 is 7.24. The van der Waals surface area contributed by atoms with E-state index in [1.807, 2.05) is 42.5 Å². The van der Waals surface area contributed by atoms with Crippen molar-refractivity contribution < 1.29 is 4.79 Å². The van der Waals surface area contributed by atoms with Gasteiger partial charge in [0, 0.05) is 16.9 Å². The predicted octanol–water partition coefficient (Wildman–Crippen LogP) is 5.65. The van der Waals surface area contributed by atoms with Crippen molar-refractivity contribution in [2.24, 2.45) is 0 Å². The van der Waals surface area contributed by atoms with E-state index in [0.29, 0.717) is 5.75 Å². The van der Waals surface area contributed by atoms with Crippen LogP contribution in [0.25, 0.3) is 10.8 Å². The Bertz CT molecular complexity index is 878. The van der Waals surface area contributed by atoms with Crippen molar-refractivity contribution in [1.29, 1.82) is 0 Å². The van der Waals surface area contributed by atoms with Crippen molar-refractivity contribution in [2.75, 3.05) is 0 Å². The van der Waals surface area contributed by atoms with E-state index >= 15 is 0 Å². The molecule has 0 unspecified atom stereocenters. The summed E-state index contributed by atoms with van der Waals surface area (Å²) in [5.41, 5.74) is 2.90. The van der Waals surface area contributed by atoms with Crippen LogP contribution < -0.4 is 0 Å². The first-order valence-electron chi connectivity index (χ1n) is 7.40. The predicted molar refractivity (Wildman–Crippen MR) is 103 cm³/mol. The molecule has 3 aromatic rings. The zero-order valence-electron chi connectivity index (χ0n) is 12.8. The number of fused-ring (bicyclic) bond motifs is 1. The number of ketones is 1. The minimum atomic E-state index is 0.0947. The Kier molecular flexibility index (Phi) is 4.89. The van der Waals surface area contributed by atoms with Gasteiger partial charge in [-0.25, -0.2) is 0 Å². The molecule has 0 saturated carbocycles. The highest BCUT2D eigenvalue weighted by atomic mass is 32.2. The number of benzene rings is 3. The number of Topliss-reactive ketones (excluding diaryl/α,β-unsaturated/α-hetero) is 1. The third-order valence-electron chi connectivity index (χ3n) is 3.76. The molecule has 0 aliphatic rings. The number of thioether (sulfide) groups is 1. The normalized spacial score (nSPS) is 10.7. The topological polar surface area (TPSA) is 17.1 Å². The Morgan fingerprint density at radius 1 is 0.913 bits per heavy atom. The minimum absolute atomic E-state index is 0.0947. The molecule has 0 spiro atoms. The molecule has 0 fully saturated rings. The van der Waals surface area contributed by atoms with Gasteiger partial charge >= 0.3 is 0 Å². The van der Waals surface area contributed by atoms with E-state index in [2.05, 4.69) is 24.3 Å². The third kappa shape index (κ3) is 3.52. The van der Waals surface area contributed by atoms with Crippen molar-refractivity contribution in [3.8, 4) is 0 Å². The van der Waals surface area contributed by atoms with Crippen molar-refractivity contribution in [2.45, 2.75) is 12.7 Å². The Morgan fingerprint density at radius 2 is 1.57 bits per heavy atom. The zero-order chi connectivity index (χ0) is 16.2. The first kappa shape index (κ1) is 15.9. The van der Waals surface area contributed by atoms with E-state index < -0.39 is 0 Å². The summed E-state index contributed by atoms with van der Waals surface area (Å²) in [6.07, 6.45) is 0. The maximum atomic E-state index is 11.7. The number of carbonyl (C=O) groups is 1. The average Bonchev–Trinajstić information content (AvgIpc) is 2.59. The lowest BCUT2D eigenvalue weighted by molar-refractivity contribution is 0.101. The number of hydrogen-bond donors (Lipinski definition) is 0. The molecule has 3 aromatic carbocycles. The van der Waals surface area contributed by atoms with Crippen LogP contribution in [-0.4, -0.2) is 9.98 Å². The number of carbonyl (C=O) groups excluding carboxylic acids is 1. The third-order valence-corrected chi connectivity index (χ3v) is 5.28. The minimum Gasteiger partial charge on any atom is -0.295 e. The highest BCUT2D eigenvalue weighted by molar-refractivity contribution is 8.23. The summed E-state index contributed by atoms with van der Waals surface area (Å²) in [5.74, 6) is 0.801. The Morgan fingerprint density at radius 3 is 2.39 bits per heavy atom. The van der Waals surface area contributed by atoms with Crippen LogP contribution in [0.4, 0.5) is 0 Å². The second-order valence-electron chi connectivity index (χ2n) is 5.32. The lowest BCUT2D eigenvalue weighted by Crippen LogP contribution is -2.00. The average molecular weight is 336 g/mol. The van der Waals surface area contributed by atoms with Gasteiger partial charge in [-0.3, -0.25) is 4.79 Å². The number of rotatable bonds is 4. The van der Waals surface area contributed by atoms with Gasteiger partial charge in [-0.2, -0.15) is 0 Å². The molecule has 0 aliphatic carbocycles. The first-order chi connectivity index (χ1) is 11.2. The van der Waals surface area contributed by atoms with Gasteiger partial charge in [0.05, 0.1) is 4.20 Å². The lowest BCUT2D eigenvalue weighted by atomic mass is 10.1. The fraction of sp³-hybridized carbons (Fsp3) is 0.100. The smallest absolute Gasteiger partial charge is 0.160 e. The van der Waals surface area contributed by atoms with Crippen LogP contribution in [0.1, 0.15) is 28.4 Å². The molecule has 0 N–H and O–H groups in total. The fourth-order valence-corrected chi connectivity index (χ4v) is 3.84. The molecule has 0 aromatic heterocycles. The molecule has 0 heterocycles. The Labute approximate surface area is 145 Å². The molecule has 0 radical (unpaired) electrons. The Balaban J connectivity index is 1.84. The molecular weight excluding hydrogens is 320 g/mol. The van der Waals surface area contributed by atoms with Crippen molar-refractivity contribution in [3.63, 3.8) is 0 Å². The Hall–Kier alpha value is -1.97. The van der Waals surface area contributed by atoms with E-state index in [1.54, 1.807) is 18.7 Å². The van der Waals surface area contributed by atoms with Gasteiger partial charge in [0.15, 0.2) is 5.78 Å². The summed E-state index contributed by atoms with van der Waals surface area (Å²) < 4.78 is 0.861. The molecule has 0 aliphatic heterocycles. The second kappa shape index (κ2) is 7.07. The lowest BCUT2D eigenvalue weighted by Gasteiger charge is -2.10. The summed E-state index contributed by atoms with van der Waals surface area (Å²) in [7, 11) is 0. The van der Waals surface area contributed by atoms with Gasteiger partial charge in [-0.05, 0) is 23.3 Å². The van der Waals surface area contributed by atoms with Crippen LogP contribution in [0.3, 0.4) is 0 Å². The molecule has 3 rings (SSSR count). The molecule has 114 valence electrons. The molecule has 0 atom stereocenters. The van der Waals surface area contributed by atoms with Gasteiger partial charge in [-0.15, -0.1) is 11.8 Å². The molecule has 0 saturated heterocycles. The number of thiocarbonyl (C=S) groups is 1. The standard InChI is InChI=1S/C20H16OS2/c1-14(21)17-10-4-3-8-16(17)13-23-20(22)19-12-6-9-15-7-2-5-11-18(15)19/h2-12H,13H2,1H3. The van der Waals surface area contributed by atoms with Crippen molar-refractivity contribution >= 4 is 44.7 Å². The maximum Gasteiger partial charge on any atom is 0.160 e. The fourth-order valence-electron chi connectivity index (χ4n) is 2.61. The maximum absolute atomic E-state index is 11.7. The van der Waals surface area contributed by atoms with Gasteiger partial charge in [-0.1, -0.05) is 78.9 Å². The number of hydrogen-bond acceptors (Lipinski definition) is 3. The van der Waals surface area contributed by atoms with Gasteiger partial charge < -0.3 is 0 Å². The molecule has 1 nitrogen and oxygen atoms in total. The van der Waals surface area contributed by atoms with Crippen LogP contribution >= 0.6 is 24.0 Å². The molecule has 0 bridgehead atoms. The molecule has 23 heavy (non-hydrogen) atoms. The summed E-state index contributed by atoms with van der Waals surface area (Å²) in [6.45, 7) is 1.60. The van der Waals surface area contributed by atoms with Crippen LogP contribution in [0.5, 0.6) is 0 Å². The van der Waals surface area contributed by atoms with Crippen LogP contribution in [0, 0.1) is 0 Å². The SMILES string of the molecule is CC(=O)c1ccccc1CSC(=S)c1cccc2ccccc12. The highest BCUT2D eigenvalue weighted by Crippen LogP contribution is 2.26. The van der Waals surface area contributed by atoms with Crippen LogP contribution in [0.15, 0.2) is 66.7 Å².